The molecule has 1 fully saturated rings. The molecule has 2 aliphatic rings. The minimum absolute atomic E-state index is 0.0656. The first kappa shape index (κ1) is 20.5. The number of rotatable bonds is 10. The van der Waals surface area contributed by atoms with Crippen LogP contribution in [-0.2, 0) is 20.0 Å². The summed E-state index contributed by atoms with van der Waals surface area (Å²) in [6.07, 6.45) is 2.83. The molecule has 1 amide bonds. The molecule has 9 heteroatoms. The smallest absolute Gasteiger partial charge is 0.367 e. The van der Waals surface area contributed by atoms with Crippen molar-refractivity contribution in [3.05, 3.63) is 33.6 Å². The topological polar surface area (TPSA) is 86.8 Å². The van der Waals surface area contributed by atoms with Crippen molar-refractivity contribution in [1.29, 1.82) is 0 Å². The van der Waals surface area contributed by atoms with Gasteiger partial charge in [0, 0.05) is 29.0 Å². The van der Waals surface area contributed by atoms with Crippen LogP contribution in [0, 0.1) is 5.92 Å². The van der Waals surface area contributed by atoms with E-state index in [0.717, 1.165) is 28.2 Å². The first-order valence-corrected chi connectivity index (χ1v) is 12.5. The molecule has 2 aliphatic carbocycles. The molecule has 0 atom stereocenters. The summed E-state index contributed by atoms with van der Waals surface area (Å²) in [5.74, 6) is 1.09. The van der Waals surface area contributed by atoms with Gasteiger partial charge in [0.25, 0.3) is 5.91 Å². The second-order valence-corrected chi connectivity index (χ2v) is 10.1. The van der Waals surface area contributed by atoms with Crippen molar-refractivity contribution >= 4 is 24.8 Å². The predicted octanol–water partition coefficient (Wildman–Crippen LogP) is 4.46. The van der Waals surface area contributed by atoms with Crippen molar-refractivity contribution in [2.45, 2.75) is 33.1 Å². The van der Waals surface area contributed by atoms with E-state index in [9.17, 15) is 9.36 Å². The predicted molar refractivity (Wildman–Crippen MR) is 112 cm³/mol. The normalized spacial score (nSPS) is 15.1. The Labute approximate surface area is 174 Å². The van der Waals surface area contributed by atoms with Gasteiger partial charge in [-0.1, -0.05) is 0 Å². The molecule has 0 spiro atoms. The highest BCUT2D eigenvalue weighted by Crippen LogP contribution is 2.50. The number of amides is 1. The molecule has 0 saturated heterocycles. The molecule has 1 heterocycles. The van der Waals surface area contributed by atoms with Gasteiger partial charge >= 0.3 is 7.60 Å². The molecule has 1 aromatic carbocycles. The van der Waals surface area contributed by atoms with Gasteiger partial charge in [-0.05, 0) is 50.3 Å². The van der Waals surface area contributed by atoms with Crippen LogP contribution in [0.3, 0.4) is 0 Å². The molecule has 1 N–H and O–H groups in total. The number of nitrogens with one attached hydrogen (secondary N) is 1. The lowest BCUT2D eigenvalue weighted by atomic mass is 10.0. The Morgan fingerprint density at radius 1 is 1.28 bits per heavy atom. The van der Waals surface area contributed by atoms with Crippen molar-refractivity contribution in [3.63, 3.8) is 0 Å². The summed E-state index contributed by atoms with van der Waals surface area (Å²) in [4.78, 5) is 18.3. The SMILES string of the molecule is CCOP(=O)(COc1ccc(C(=O)NCC2CC2)c2c1-c1ncsc1C2)OCC. The lowest BCUT2D eigenvalue weighted by molar-refractivity contribution is 0.0951. The van der Waals surface area contributed by atoms with Crippen molar-refractivity contribution in [1.82, 2.24) is 10.3 Å². The summed E-state index contributed by atoms with van der Waals surface area (Å²) in [5.41, 5.74) is 4.99. The molecule has 7 nitrogen and oxygen atoms in total. The third-order valence-corrected chi connectivity index (χ3v) is 7.59. The van der Waals surface area contributed by atoms with E-state index in [-0.39, 0.29) is 25.5 Å². The molecule has 0 bridgehead atoms. The summed E-state index contributed by atoms with van der Waals surface area (Å²) in [6, 6.07) is 3.53. The lowest BCUT2D eigenvalue weighted by Gasteiger charge is -2.19. The van der Waals surface area contributed by atoms with Gasteiger partial charge in [0.2, 0.25) is 0 Å². The molecule has 156 valence electrons. The highest BCUT2D eigenvalue weighted by atomic mass is 32.1. The zero-order chi connectivity index (χ0) is 20.4. The summed E-state index contributed by atoms with van der Waals surface area (Å²) >= 11 is 1.56. The van der Waals surface area contributed by atoms with Crippen LogP contribution in [0.2, 0.25) is 0 Å². The Hall–Kier alpha value is -1.73. The van der Waals surface area contributed by atoms with E-state index >= 15 is 0 Å². The van der Waals surface area contributed by atoms with Gasteiger partial charge in [0.1, 0.15) is 5.75 Å². The quantitative estimate of drug-likeness (QED) is 0.473. The average Bonchev–Trinajstić information content (AvgIpc) is 3.29. The summed E-state index contributed by atoms with van der Waals surface area (Å²) < 4.78 is 29.3. The largest absolute Gasteiger partial charge is 0.480 e. The van der Waals surface area contributed by atoms with Crippen molar-refractivity contribution in [2.75, 3.05) is 26.1 Å². The van der Waals surface area contributed by atoms with E-state index in [0.29, 0.717) is 23.7 Å². The maximum absolute atomic E-state index is 12.8. The van der Waals surface area contributed by atoms with E-state index in [2.05, 4.69) is 10.3 Å². The van der Waals surface area contributed by atoms with E-state index < -0.39 is 7.60 Å². The molecule has 0 radical (unpaired) electrons. The Bertz CT molecular complexity index is 946. The van der Waals surface area contributed by atoms with Crippen LogP contribution in [0.4, 0.5) is 0 Å². The van der Waals surface area contributed by atoms with Crippen LogP contribution >= 0.6 is 18.9 Å². The van der Waals surface area contributed by atoms with Gasteiger partial charge in [-0.25, -0.2) is 4.98 Å². The average molecular weight is 436 g/mol. The third kappa shape index (κ3) is 4.40. The molecule has 29 heavy (non-hydrogen) atoms. The molecule has 0 aliphatic heterocycles. The second kappa shape index (κ2) is 8.56. The van der Waals surface area contributed by atoms with Gasteiger partial charge in [-0.3, -0.25) is 9.36 Å². The van der Waals surface area contributed by atoms with E-state index in [1.165, 1.54) is 12.8 Å². The highest BCUT2D eigenvalue weighted by molar-refractivity contribution is 7.53. The van der Waals surface area contributed by atoms with E-state index in [4.69, 9.17) is 13.8 Å². The molecule has 4 rings (SSSR count). The molecular formula is C20H25N2O5PS. The first-order chi connectivity index (χ1) is 14.0. The van der Waals surface area contributed by atoms with Crippen LogP contribution in [0.5, 0.6) is 5.75 Å². The van der Waals surface area contributed by atoms with Gasteiger partial charge < -0.3 is 19.1 Å². The minimum atomic E-state index is -3.34. The zero-order valence-corrected chi connectivity index (χ0v) is 18.3. The Balaban J connectivity index is 1.61. The molecule has 1 aromatic heterocycles. The summed E-state index contributed by atoms with van der Waals surface area (Å²) in [7, 11) is -3.34. The number of thiazole rings is 1. The minimum Gasteiger partial charge on any atom is -0.480 e. The van der Waals surface area contributed by atoms with Crippen molar-refractivity contribution < 1.29 is 23.1 Å². The molecular weight excluding hydrogens is 411 g/mol. The van der Waals surface area contributed by atoms with Gasteiger partial charge in [-0.2, -0.15) is 0 Å². The van der Waals surface area contributed by atoms with Crippen LogP contribution < -0.4 is 10.1 Å². The molecule has 2 aromatic rings. The number of carbonyl (C=O) groups excluding carboxylic acids is 1. The maximum atomic E-state index is 12.8. The van der Waals surface area contributed by atoms with Crippen LogP contribution in [0.25, 0.3) is 11.3 Å². The number of benzene rings is 1. The number of hydrogen-bond acceptors (Lipinski definition) is 7. The summed E-state index contributed by atoms with van der Waals surface area (Å²) in [5, 5.41) is 3.04. The fourth-order valence-corrected chi connectivity index (χ4v) is 5.56. The van der Waals surface area contributed by atoms with Crippen molar-refractivity contribution in [2.24, 2.45) is 5.92 Å². The van der Waals surface area contributed by atoms with Crippen LogP contribution in [0.15, 0.2) is 17.6 Å². The lowest BCUT2D eigenvalue weighted by Crippen LogP contribution is -2.26. The fraction of sp³-hybridized carbons (Fsp3) is 0.500. The van der Waals surface area contributed by atoms with Gasteiger partial charge in [-0.15, -0.1) is 11.3 Å². The van der Waals surface area contributed by atoms with E-state index in [1.54, 1.807) is 42.8 Å². The second-order valence-electron chi connectivity index (χ2n) is 7.14. The Kier molecular flexibility index (Phi) is 6.06. The van der Waals surface area contributed by atoms with Crippen LogP contribution in [0.1, 0.15) is 47.5 Å². The standard InChI is InChI=1S/C20H25N2O5PS/c1-3-26-28(24,27-4-2)12-25-16-8-7-14(20(23)21-10-13-5-6-13)15-9-17-19(18(15)16)22-11-29-17/h7-8,11,13H,3-6,9-10,12H2,1-2H3,(H,21,23). The number of fused-ring (bicyclic) bond motifs is 3. The molecule has 0 unspecified atom stereocenters. The van der Waals surface area contributed by atoms with Crippen LogP contribution in [-0.4, -0.2) is 37.0 Å². The van der Waals surface area contributed by atoms with Gasteiger partial charge in [0.15, 0.2) is 6.35 Å². The first-order valence-electron chi connectivity index (χ1n) is 9.92. The number of ether oxygens (including phenoxy) is 1. The fourth-order valence-electron chi connectivity index (χ4n) is 3.47. The zero-order valence-electron chi connectivity index (χ0n) is 16.6. The van der Waals surface area contributed by atoms with Crippen molar-refractivity contribution in [3.8, 4) is 17.0 Å². The summed E-state index contributed by atoms with van der Waals surface area (Å²) in [6.45, 7) is 4.79. The highest BCUT2D eigenvalue weighted by Gasteiger charge is 2.32. The molecule has 1 saturated carbocycles. The third-order valence-electron chi connectivity index (χ3n) is 5.01. The Morgan fingerprint density at radius 3 is 2.72 bits per heavy atom. The number of hydrogen-bond donors (Lipinski definition) is 1. The monoisotopic (exact) mass is 436 g/mol. The number of carbonyl (C=O) groups is 1. The maximum Gasteiger partial charge on any atom is 0.367 e. The number of aromatic nitrogens is 1. The Morgan fingerprint density at radius 2 is 2.03 bits per heavy atom. The number of nitrogens with zero attached hydrogens (tertiary/aromatic N) is 1. The van der Waals surface area contributed by atoms with Gasteiger partial charge in [0.05, 0.1) is 24.4 Å². The van der Waals surface area contributed by atoms with E-state index in [1.807, 2.05) is 0 Å².